The summed E-state index contributed by atoms with van der Waals surface area (Å²) in [5.74, 6) is 0.239. The fraction of sp³-hybridized carbons (Fsp3) is 0.500. The number of H-pyrrole nitrogens is 1. The highest BCUT2D eigenvalue weighted by Crippen LogP contribution is 2.29. The standard InChI is InChI=1S/C32H41N5O2/c1-39-29-12-10-28(11-13-29)37(27-7-3-2-4-8-27)32(38)15-17-36-20-18-35(19-21-36)16-5-6-26-24-34-31-14-9-25(23-33)22-30(26)31/h2-4,7-9,14,22,24,28-29,34H,5-6,10-13,15-21H2,1H3. The molecule has 1 aliphatic carbocycles. The molecule has 7 heteroatoms. The van der Waals surface area contributed by atoms with E-state index < -0.39 is 0 Å². The highest BCUT2D eigenvalue weighted by atomic mass is 16.5. The number of hydrogen-bond acceptors (Lipinski definition) is 5. The first-order chi connectivity index (χ1) is 19.1. The van der Waals surface area contributed by atoms with Gasteiger partial charge in [-0.1, -0.05) is 18.2 Å². The van der Waals surface area contributed by atoms with E-state index in [1.54, 1.807) is 7.11 Å². The third-order valence-corrected chi connectivity index (χ3v) is 8.57. The summed E-state index contributed by atoms with van der Waals surface area (Å²) in [7, 11) is 1.79. The van der Waals surface area contributed by atoms with Crippen molar-refractivity contribution in [1.82, 2.24) is 14.8 Å². The Morgan fingerprint density at radius 1 is 1.03 bits per heavy atom. The van der Waals surface area contributed by atoms with Crippen LogP contribution in [0.3, 0.4) is 0 Å². The Labute approximate surface area is 232 Å². The van der Waals surface area contributed by atoms with Crippen LogP contribution in [0, 0.1) is 11.3 Å². The molecule has 2 aliphatic rings. The molecule has 1 amide bonds. The average Bonchev–Trinajstić information content (AvgIpc) is 3.40. The van der Waals surface area contributed by atoms with E-state index in [0.29, 0.717) is 18.1 Å². The van der Waals surface area contributed by atoms with Gasteiger partial charge in [0, 0.05) is 75.1 Å². The number of carbonyl (C=O) groups excluding carboxylic acids is 1. The number of nitriles is 1. The average molecular weight is 528 g/mol. The van der Waals surface area contributed by atoms with Crippen molar-refractivity contribution in [2.75, 3.05) is 51.3 Å². The van der Waals surface area contributed by atoms with Gasteiger partial charge in [0.15, 0.2) is 0 Å². The lowest BCUT2D eigenvalue weighted by molar-refractivity contribution is -0.119. The molecule has 0 spiro atoms. The third-order valence-electron chi connectivity index (χ3n) is 8.57. The normalized spacial score (nSPS) is 20.6. The molecule has 0 bridgehead atoms. The number of aromatic nitrogens is 1. The summed E-state index contributed by atoms with van der Waals surface area (Å²) in [5, 5.41) is 10.4. The number of aryl methyl sites for hydroxylation is 1. The van der Waals surface area contributed by atoms with E-state index >= 15 is 0 Å². The summed E-state index contributed by atoms with van der Waals surface area (Å²) in [6, 6.07) is 18.5. The number of rotatable bonds is 10. The number of hydrogen-bond donors (Lipinski definition) is 1. The van der Waals surface area contributed by atoms with Gasteiger partial charge in [-0.2, -0.15) is 5.26 Å². The predicted octanol–water partition coefficient (Wildman–Crippen LogP) is 4.97. The van der Waals surface area contributed by atoms with Gasteiger partial charge >= 0.3 is 0 Å². The number of nitrogens with zero attached hydrogens (tertiary/aromatic N) is 4. The minimum Gasteiger partial charge on any atom is -0.381 e. The number of piperazine rings is 1. The van der Waals surface area contributed by atoms with E-state index in [9.17, 15) is 10.1 Å². The largest absolute Gasteiger partial charge is 0.381 e. The summed E-state index contributed by atoms with van der Waals surface area (Å²) >= 11 is 0. The first kappa shape index (κ1) is 27.4. The van der Waals surface area contributed by atoms with Crippen LogP contribution in [0.1, 0.15) is 49.7 Å². The van der Waals surface area contributed by atoms with Crippen molar-refractivity contribution in [3.05, 3.63) is 65.9 Å². The molecule has 1 N–H and O–H groups in total. The van der Waals surface area contributed by atoms with E-state index in [0.717, 1.165) is 89.0 Å². The van der Waals surface area contributed by atoms with Crippen molar-refractivity contribution in [2.24, 2.45) is 0 Å². The topological polar surface area (TPSA) is 75.6 Å². The van der Waals surface area contributed by atoms with Crippen molar-refractivity contribution >= 4 is 22.5 Å². The Kier molecular flexibility index (Phi) is 9.31. The predicted molar refractivity (Wildman–Crippen MR) is 156 cm³/mol. The van der Waals surface area contributed by atoms with E-state index in [4.69, 9.17) is 4.74 Å². The molecule has 2 aromatic carbocycles. The number of methoxy groups -OCH3 is 1. The van der Waals surface area contributed by atoms with Gasteiger partial charge in [-0.05, 0) is 81.0 Å². The molecule has 3 aromatic rings. The molecule has 0 radical (unpaired) electrons. The van der Waals surface area contributed by atoms with Gasteiger partial charge in [0.2, 0.25) is 5.91 Å². The number of amides is 1. The van der Waals surface area contributed by atoms with Crippen LogP contribution in [0.15, 0.2) is 54.7 Å². The lowest BCUT2D eigenvalue weighted by Crippen LogP contribution is -2.48. The van der Waals surface area contributed by atoms with Crippen LogP contribution in [-0.2, 0) is 16.0 Å². The number of para-hydroxylation sites is 1. The molecular formula is C32H41N5O2. The summed E-state index contributed by atoms with van der Waals surface area (Å²) in [6.07, 6.45) is 9.09. The summed E-state index contributed by atoms with van der Waals surface area (Å²) in [5.41, 5.74) is 4.12. The summed E-state index contributed by atoms with van der Waals surface area (Å²) in [6.45, 7) is 6.00. The van der Waals surface area contributed by atoms with Crippen molar-refractivity contribution in [1.29, 1.82) is 5.26 Å². The second kappa shape index (κ2) is 13.3. The minimum atomic E-state index is 0.239. The van der Waals surface area contributed by atoms with Crippen LogP contribution in [0.2, 0.25) is 0 Å². The number of nitrogens with one attached hydrogen (secondary N) is 1. The van der Waals surface area contributed by atoms with Crippen LogP contribution < -0.4 is 4.90 Å². The Bertz CT molecular complexity index is 1250. The number of anilines is 1. The Morgan fingerprint density at radius 3 is 2.44 bits per heavy atom. The van der Waals surface area contributed by atoms with E-state index in [-0.39, 0.29) is 11.9 Å². The highest BCUT2D eigenvalue weighted by Gasteiger charge is 2.30. The zero-order valence-corrected chi connectivity index (χ0v) is 23.1. The monoisotopic (exact) mass is 527 g/mol. The van der Waals surface area contributed by atoms with E-state index in [1.165, 1.54) is 10.9 Å². The van der Waals surface area contributed by atoms with Crippen molar-refractivity contribution in [2.45, 2.75) is 57.1 Å². The van der Waals surface area contributed by atoms with Gasteiger partial charge in [-0.25, -0.2) is 0 Å². The maximum atomic E-state index is 13.5. The molecule has 39 heavy (non-hydrogen) atoms. The number of benzene rings is 2. The van der Waals surface area contributed by atoms with Gasteiger partial charge in [0.1, 0.15) is 0 Å². The maximum absolute atomic E-state index is 13.5. The molecule has 2 fully saturated rings. The van der Waals surface area contributed by atoms with Gasteiger partial charge in [0.05, 0.1) is 17.7 Å². The van der Waals surface area contributed by atoms with Gasteiger partial charge in [-0.15, -0.1) is 0 Å². The maximum Gasteiger partial charge on any atom is 0.228 e. The molecule has 7 nitrogen and oxygen atoms in total. The van der Waals surface area contributed by atoms with E-state index in [2.05, 4.69) is 44.1 Å². The second-order valence-corrected chi connectivity index (χ2v) is 11.0. The zero-order chi connectivity index (χ0) is 27.0. The quantitative estimate of drug-likeness (QED) is 0.403. The summed E-state index contributed by atoms with van der Waals surface area (Å²) in [4.78, 5) is 23.9. The lowest BCUT2D eigenvalue weighted by atomic mass is 9.91. The first-order valence-electron chi connectivity index (χ1n) is 14.5. The lowest BCUT2D eigenvalue weighted by Gasteiger charge is -2.38. The first-order valence-corrected chi connectivity index (χ1v) is 14.5. The fourth-order valence-electron chi connectivity index (χ4n) is 6.24. The Balaban J connectivity index is 1.07. The van der Waals surface area contributed by atoms with Crippen molar-refractivity contribution in [3.63, 3.8) is 0 Å². The van der Waals surface area contributed by atoms with Crippen LogP contribution in [-0.4, -0.2) is 79.2 Å². The molecule has 0 unspecified atom stereocenters. The van der Waals surface area contributed by atoms with Crippen molar-refractivity contribution < 1.29 is 9.53 Å². The van der Waals surface area contributed by atoms with E-state index in [1.807, 2.05) is 36.4 Å². The van der Waals surface area contributed by atoms with Crippen LogP contribution >= 0.6 is 0 Å². The molecule has 5 rings (SSSR count). The second-order valence-electron chi connectivity index (χ2n) is 11.0. The Hall–Kier alpha value is -3.18. The number of ether oxygens (including phenoxy) is 1. The van der Waals surface area contributed by atoms with Crippen LogP contribution in [0.5, 0.6) is 0 Å². The number of carbonyl (C=O) groups is 1. The van der Waals surface area contributed by atoms with Crippen molar-refractivity contribution in [3.8, 4) is 6.07 Å². The molecule has 0 atom stereocenters. The smallest absolute Gasteiger partial charge is 0.228 e. The highest BCUT2D eigenvalue weighted by molar-refractivity contribution is 5.94. The Morgan fingerprint density at radius 2 is 1.74 bits per heavy atom. The molecular weight excluding hydrogens is 486 g/mol. The SMILES string of the molecule is COC1CCC(N(C(=O)CCN2CCN(CCCc3c[nH]c4ccc(C#N)cc34)CC2)c2ccccc2)CC1. The fourth-order valence-corrected chi connectivity index (χ4v) is 6.24. The molecule has 1 saturated carbocycles. The summed E-state index contributed by atoms with van der Waals surface area (Å²) < 4.78 is 5.56. The minimum absolute atomic E-state index is 0.239. The zero-order valence-electron chi connectivity index (χ0n) is 23.1. The molecule has 1 aliphatic heterocycles. The van der Waals surface area contributed by atoms with Crippen LogP contribution in [0.25, 0.3) is 10.9 Å². The van der Waals surface area contributed by atoms with Gasteiger partial charge in [-0.3, -0.25) is 4.79 Å². The molecule has 1 aromatic heterocycles. The molecule has 2 heterocycles. The number of fused-ring (bicyclic) bond motifs is 1. The van der Waals surface area contributed by atoms with Crippen LogP contribution in [0.4, 0.5) is 5.69 Å². The number of aromatic amines is 1. The molecule has 1 saturated heterocycles. The molecule has 206 valence electrons. The van der Waals surface area contributed by atoms with Gasteiger partial charge in [0.25, 0.3) is 0 Å². The van der Waals surface area contributed by atoms with Gasteiger partial charge < -0.3 is 24.4 Å². The third kappa shape index (κ3) is 6.88.